The SMILES string of the molecule is N=C1SC2CS(=O)(=O)CC2N1c1cccc(Cl)c1. The quantitative estimate of drug-likeness (QED) is 0.862. The highest BCUT2D eigenvalue weighted by atomic mass is 35.5. The summed E-state index contributed by atoms with van der Waals surface area (Å²) in [5, 5.41) is 8.96. The molecule has 2 aliphatic rings. The van der Waals surface area contributed by atoms with Crippen molar-refractivity contribution in [3.63, 3.8) is 0 Å². The number of benzene rings is 1. The van der Waals surface area contributed by atoms with E-state index >= 15 is 0 Å². The minimum atomic E-state index is -2.97. The fraction of sp³-hybridized carbons (Fsp3) is 0.364. The molecule has 0 spiro atoms. The number of anilines is 1. The van der Waals surface area contributed by atoms with Crippen LogP contribution in [0, 0.1) is 5.41 Å². The van der Waals surface area contributed by atoms with Crippen LogP contribution in [0.2, 0.25) is 5.02 Å². The maximum atomic E-state index is 11.7. The predicted octanol–water partition coefficient (Wildman–Crippen LogP) is 1.99. The smallest absolute Gasteiger partial charge is 0.161 e. The number of hydrogen-bond acceptors (Lipinski definition) is 4. The van der Waals surface area contributed by atoms with Crippen LogP contribution in [0.5, 0.6) is 0 Å². The van der Waals surface area contributed by atoms with Crippen molar-refractivity contribution in [3.05, 3.63) is 29.3 Å². The van der Waals surface area contributed by atoms with E-state index in [-0.39, 0.29) is 22.8 Å². The van der Waals surface area contributed by atoms with Crippen LogP contribution in [-0.4, -0.2) is 36.4 Å². The number of nitrogens with zero attached hydrogens (tertiary/aromatic N) is 1. The number of nitrogens with one attached hydrogen (secondary N) is 1. The number of rotatable bonds is 1. The first-order chi connectivity index (χ1) is 8.46. The molecule has 3 rings (SSSR count). The highest BCUT2D eigenvalue weighted by Crippen LogP contribution is 2.40. The summed E-state index contributed by atoms with van der Waals surface area (Å²) in [5.41, 5.74) is 0.796. The zero-order valence-electron chi connectivity index (χ0n) is 9.34. The Bertz CT molecular complexity index is 617. The number of halogens is 1. The van der Waals surface area contributed by atoms with Gasteiger partial charge < -0.3 is 4.90 Å². The summed E-state index contributed by atoms with van der Waals surface area (Å²) in [4.78, 5) is 1.78. The van der Waals surface area contributed by atoms with Gasteiger partial charge >= 0.3 is 0 Å². The van der Waals surface area contributed by atoms with Crippen LogP contribution in [0.25, 0.3) is 0 Å². The fourth-order valence-corrected chi connectivity index (χ4v) is 6.41. The molecule has 2 unspecified atom stereocenters. The van der Waals surface area contributed by atoms with E-state index in [1.54, 1.807) is 17.0 Å². The van der Waals surface area contributed by atoms with Crippen LogP contribution in [-0.2, 0) is 9.84 Å². The first kappa shape index (κ1) is 12.3. The number of hydrogen-bond donors (Lipinski definition) is 1. The van der Waals surface area contributed by atoms with E-state index in [4.69, 9.17) is 17.0 Å². The first-order valence-electron chi connectivity index (χ1n) is 5.47. The lowest BCUT2D eigenvalue weighted by Crippen LogP contribution is -2.37. The second kappa shape index (κ2) is 4.15. The molecule has 2 heterocycles. The standard InChI is InChI=1S/C11H11ClN2O2S2/c12-7-2-1-3-8(4-7)14-9-5-18(15,16)6-10(9)17-11(14)13/h1-4,9-10,13H,5-6H2. The maximum Gasteiger partial charge on any atom is 0.161 e. The van der Waals surface area contributed by atoms with E-state index in [0.29, 0.717) is 10.2 Å². The monoisotopic (exact) mass is 302 g/mol. The van der Waals surface area contributed by atoms with Gasteiger partial charge in [-0.3, -0.25) is 5.41 Å². The largest absolute Gasteiger partial charge is 0.316 e. The van der Waals surface area contributed by atoms with Crippen molar-refractivity contribution in [2.45, 2.75) is 11.3 Å². The van der Waals surface area contributed by atoms with Crippen molar-refractivity contribution in [1.82, 2.24) is 0 Å². The summed E-state index contributed by atoms with van der Waals surface area (Å²) < 4.78 is 23.3. The van der Waals surface area contributed by atoms with Crippen LogP contribution in [0.15, 0.2) is 24.3 Å². The Balaban J connectivity index is 1.99. The highest BCUT2D eigenvalue weighted by molar-refractivity contribution is 8.15. The average Bonchev–Trinajstić information content (AvgIpc) is 2.68. The second-order valence-corrected chi connectivity index (χ2v) is 8.27. The van der Waals surface area contributed by atoms with Crippen LogP contribution < -0.4 is 4.90 Å². The molecule has 7 heteroatoms. The minimum absolute atomic E-state index is 0.0264. The third kappa shape index (κ3) is 2.02. The molecular formula is C11H11ClN2O2S2. The zero-order chi connectivity index (χ0) is 12.9. The number of thioether (sulfide) groups is 1. The Hall–Kier alpha value is -0.720. The van der Waals surface area contributed by atoms with Crippen molar-refractivity contribution < 1.29 is 8.42 Å². The molecule has 96 valence electrons. The molecule has 0 saturated carbocycles. The van der Waals surface area contributed by atoms with E-state index in [9.17, 15) is 8.42 Å². The van der Waals surface area contributed by atoms with E-state index in [2.05, 4.69) is 0 Å². The molecule has 0 radical (unpaired) electrons. The Morgan fingerprint density at radius 1 is 1.39 bits per heavy atom. The van der Waals surface area contributed by atoms with Crippen molar-refractivity contribution in [2.75, 3.05) is 16.4 Å². The van der Waals surface area contributed by atoms with Crippen LogP contribution in [0.1, 0.15) is 0 Å². The van der Waals surface area contributed by atoms with Crippen molar-refractivity contribution >= 4 is 44.1 Å². The molecule has 4 nitrogen and oxygen atoms in total. The summed E-state index contributed by atoms with van der Waals surface area (Å²) in [7, 11) is -2.97. The van der Waals surface area contributed by atoms with Gasteiger partial charge in [0.05, 0.1) is 17.5 Å². The molecule has 1 N–H and O–H groups in total. The summed E-state index contributed by atoms with van der Waals surface area (Å²) in [6.45, 7) is 0. The molecular weight excluding hydrogens is 292 g/mol. The molecule has 18 heavy (non-hydrogen) atoms. The lowest BCUT2D eigenvalue weighted by Gasteiger charge is -2.23. The summed E-state index contributed by atoms with van der Waals surface area (Å²) in [5.74, 6) is 0.293. The number of sulfone groups is 1. The molecule has 1 aromatic carbocycles. The molecule has 2 atom stereocenters. The average molecular weight is 303 g/mol. The van der Waals surface area contributed by atoms with Crippen LogP contribution in [0.3, 0.4) is 0 Å². The molecule has 2 fully saturated rings. The van der Waals surface area contributed by atoms with E-state index in [1.165, 1.54) is 11.8 Å². The molecule has 1 aromatic rings. The van der Waals surface area contributed by atoms with Gasteiger partial charge in [-0.15, -0.1) is 0 Å². The normalized spacial score (nSPS) is 29.6. The highest BCUT2D eigenvalue weighted by Gasteiger charge is 2.48. The number of amidine groups is 1. The molecule has 0 aromatic heterocycles. The van der Waals surface area contributed by atoms with Crippen LogP contribution >= 0.6 is 23.4 Å². The molecule has 2 saturated heterocycles. The summed E-state index contributed by atoms with van der Waals surface area (Å²) in [6, 6.07) is 7.07. The number of fused-ring (bicyclic) bond motifs is 1. The molecule has 2 aliphatic heterocycles. The van der Waals surface area contributed by atoms with E-state index in [1.807, 2.05) is 12.1 Å². The Labute approximate surface area is 115 Å². The maximum absolute atomic E-state index is 11.7. The van der Waals surface area contributed by atoms with Gasteiger partial charge in [-0.2, -0.15) is 0 Å². The molecule has 0 aliphatic carbocycles. The zero-order valence-corrected chi connectivity index (χ0v) is 11.7. The summed E-state index contributed by atoms with van der Waals surface area (Å²) in [6.07, 6.45) is 0. The van der Waals surface area contributed by atoms with Gasteiger partial charge in [0.15, 0.2) is 15.0 Å². The van der Waals surface area contributed by atoms with E-state index in [0.717, 1.165) is 5.69 Å². The fourth-order valence-electron chi connectivity index (χ4n) is 2.44. The van der Waals surface area contributed by atoms with Gasteiger partial charge in [-0.1, -0.05) is 29.4 Å². The first-order valence-corrected chi connectivity index (χ1v) is 8.55. The van der Waals surface area contributed by atoms with Gasteiger partial charge in [-0.25, -0.2) is 8.42 Å². The topological polar surface area (TPSA) is 61.2 Å². The van der Waals surface area contributed by atoms with Gasteiger partial charge in [0.1, 0.15) is 0 Å². The van der Waals surface area contributed by atoms with E-state index < -0.39 is 9.84 Å². The summed E-state index contributed by atoms with van der Waals surface area (Å²) >= 11 is 7.28. The Morgan fingerprint density at radius 3 is 2.89 bits per heavy atom. The lowest BCUT2D eigenvalue weighted by molar-refractivity contribution is 0.601. The second-order valence-electron chi connectivity index (χ2n) is 4.46. The Kier molecular flexibility index (Phi) is 2.84. The Morgan fingerprint density at radius 2 is 2.17 bits per heavy atom. The van der Waals surface area contributed by atoms with Gasteiger partial charge in [0.25, 0.3) is 0 Å². The molecule has 0 amide bonds. The van der Waals surface area contributed by atoms with Gasteiger partial charge in [-0.05, 0) is 18.2 Å². The van der Waals surface area contributed by atoms with Crippen LogP contribution in [0.4, 0.5) is 5.69 Å². The minimum Gasteiger partial charge on any atom is -0.316 e. The van der Waals surface area contributed by atoms with Gasteiger partial charge in [0.2, 0.25) is 0 Å². The van der Waals surface area contributed by atoms with Gasteiger partial charge in [0, 0.05) is 16.0 Å². The van der Waals surface area contributed by atoms with Crippen molar-refractivity contribution in [1.29, 1.82) is 5.41 Å². The van der Waals surface area contributed by atoms with Crippen molar-refractivity contribution in [3.8, 4) is 0 Å². The molecule has 0 bridgehead atoms. The van der Waals surface area contributed by atoms with Crippen molar-refractivity contribution in [2.24, 2.45) is 0 Å². The third-order valence-corrected chi connectivity index (χ3v) is 6.54. The predicted molar refractivity (Wildman–Crippen MR) is 75.5 cm³/mol. The third-order valence-electron chi connectivity index (χ3n) is 3.17. The lowest BCUT2D eigenvalue weighted by atomic mass is 10.2.